The minimum atomic E-state index is 0.201. The average Bonchev–Trinajstić information content (AvgIpc) is 2.81. The van der Waals surface area contributed by atoms with Crippen molar-refractivity contribution in [3.8, 4) is 0 Å². The van der Waals surface area contributed by atoms with E-state index in [0.29, 0.717) is 17.9 Å². The van der Waals surface area contributed by atoms with Crippen LogP contribution in [-0.4, -0.2) is 51.0 Å². The largest absolute Gasteiger partial charge is 0.338 e. The normalized spacial score (nSPS) is 28.5. The van der Waals surface area contributed by atoms with E-state index in [0.717, 1.165) is 44.2 Å². The van der Waals surface area contributed by atoms with Crippen LogP contribution in [0, 0.1) is 11.8 Å². The van der Waals surface area contributed by atoms with Gasteiger partial charge in [-0.1, -0.05) is 24.8 Å². The van der Waals surface area contributed by atoms with Crippen molar-refractivity contribution in [2.45, 2.75) is 64.5 Å². The summed E-state index contributed by atoms with van der Waals surface area (Å²) >= 11 is 1.52. The quantitative estimate of drug-likeness (QED) is 0.821. The molecule has 0 unspecified atom stereocenters. The molecule has 3 saturated heterocycles. The zero-order chi connectivity index (χ0) is 16.7. The Morgan fingerprint density at radius 1 is 1.21 bits per heavy atom. The predicted octanol–water partition coefficient (Wildman–Crippen LogP) is 2.88. The van der Waals surface area contributed by atoms with Gasteiger partial charge in [0, 0.05) is 32.2 Å². The minimum absolute atomic E-state index is 0.201. The fraction of sp³-hybridized carbons (Fsp3) is 0.833. The second kappa shape index (κ2) is 6.71. The maximum absolute atomic E-state index is 12.9. The summed E-state index contributed by atoms with van der Waals surface area (Å²) in [5, 5.41) is 4.31. The Morgan fingerprint density at radius 2 is 2.04 bits per heavy atom. The van der Waals surface area contributed by atoms with Gasteiger partial charge >= 0.3 is 0 Å². The second-order valence-corrected chi connectivity index (χ2v) is 8.98. The van der Waals surface area contributed by atoms with Crippen LogP contribution in [0.3, 0.4) is 0 Å². The van der Waals surface area contributed by atoms with E-state index in [1.165, 1.54) is 42.1 Å². The lowest BCUT2D eigenvalue weighted by molar-refractivity contribution is -0.141. The van der Waals surface area contributed by atoms with Gasteiger partial charge in [0.25, 0.3) is 0 Å². The SMILES string of the molecule is CC(C)c1nnsc1CN1C[C@@H]2CC[C@H](C1)N(CC1CCC1)C2=O. The molecule has 0 spiro atoms. The van der Waals surface area contributed by atoms with Crippen molar-refractivity contribution in [2.75, 3.05) is 19.6 Å². The van der Waals surface area contributed by atoms with Crippen LogP contribution in [0.5, 0.6) is 0 Å². The van der Waals surface area contributed by atoms with E-state index in [-0.39, 0.29) is 5.92 Å². The molecule has 5 rings (SSSR count). The number of hydrogen-bond acceptors (Lipinski definition) is 5. The van der Waals surface area contributed by atoms with Crippen molar-refractivity contribution in [3.05, 3.63) is 10.6 Å². The van der Waals surface area contributed by atoms with Gasteiger partial charge in [-0.25, -0.2) is 0 Å². The topological polar surface area (TPSA) is 49.3 Å². The fourth-order valence-corrected chi connectivity index (χ4v) is 5.26. The predicted molar refractivity (Wildman–Crippen MR) is 94.8 cm³/mol. The summed E-state index contributed by atoms with van der Waals surface area (Å²) in [5.41, 5.74) is 1.13. The summed E-state index contributed by atoms with van der Waals surface area (Å²) in [5.74, 6) is 1.80. The Hall–Kier alpha value is -1.01. The number of rotatable bonds is 5. The van der Waals surface area contributed by atoms with E-state index in [1.54, 1.807) is 0 Å². The van der Waals surface area contributed by atoms with Gasteiger partial charge in [-0.05, 0) is 49.1 Å². The van der Waals surface area contributed by atoms with Gasteiger partial charge in [0.2, 0.25) is 5.91 Å². The summed E-state index contributed by atoms with van der Waals surface area (Å²) < 4.78 is 4.16. The monoisotopic (exact) mass is 348 g/mol. The molecule has 0 N–H and O–H groups in total. The molecule has 6 heteroatoms. The van der Waals surface area contributed by atoms with E-state index >= 15 is 0 Å². The molecule has 5 nitrogen and oxygen atoms in total. The third-order valence-corrected chi connectivity index (χ3v) is 6.77. The molecule has 2 atom stereocenters. The first kappa shape index (κ1) is 16.5. The molecule has 132 valence electrons. The number of amides is 1. The van der Waals surface area contributed by atoms with E-state index in [4.69, 9.17) is 0 Å². The highest BCUT2D eigenvalue weighted by Crippen LogP contribution is 2.34. The first-order valence-corrected chi connectivity index (χ1v) is 10.2. The summed E-state index contributed by atoms with van der Waals surface area (Å²) in [7, 11) is 0. The van der Waals surface area contributed by atoms with Gasteiger partial charge in [0.15, 0.2) is 0 Å². The number of carbonyl (C=O) groups excluding carboxylic acids is 1. The molecule has 1 aliphatic carbocycles. The van der Waals surface area contributed by atoms with E-state index in [2.05, 4.69) is 33.2 Å². The lowest BCUT2D eigenvalue weighted by Gasteiger charge is -2.40. The average molecular weight is 349 g/mol. The van der Waals surface area contributed by atoms with Gasteiger partial charge in [-0.3, -0.25) is 9.69 Å². The summed E-state index contributed by atoms with van der Waals surface area (Å²) in [4.78, 5) is 18.9. The Kier molecular flexibility index (Phi) is 4.60. The zero-order valence-corrected chi connectivity index (χ0v) is 15.6. The van der Waals surface area contributed by atoms with Crippen LogP contribution in [0.25, 0.3) is 0 Å². The van der Waals surface area contributed by atoms with Crippen molar-refractivity contribution in [2.24, 2.45) is 11.8 Å². The highest BCUT2D eigenvalue weighted by atomic mass is 32.1. The Balaban J connectivity index is 1.47. The third kappa shape index (κ3) is 3.10. The standard InChI is InChI=1S/C18H28N4OS/c1-12(2)17-16(24-20-19-17)11-21-9-14-6-7-15(10-21)22(18(14)23)8-13-4-3-5-13/h12-15H,3-11H2,1-2H3/t14-,15+/m0/s1. The molecular formula is C18H28N4OS. The highest BCUT2D eigenvalue weighted by molar-refractivity contribution is 7.05. The zero-order valence-electron chi connectivity index (χ0n) is 14.8. The Bertz CT molecular complexity index is 598. The molecule has 2 bridgehead atoms. The van der Waals surface area contributed by atoms with E-state index in [1.807, 2.05) is 0 Å². The molecular weight excluding hydrogens is 320 g/mol. The molecule has 3 aliphatic heterocycles. The van der Waals surface area contributed by atoms with Crippen LogP contribution >= 0.6 is 11.5 Å². The number of fused-ring (bicyclic) bond motifs is 4. The molecule has 1 amide bonds. The fourth-order valence-electron chi connectivity index (χ4n) is 4.42. The van der Waals surface area contributed by atoms with Crippen LogP contribution in [0.4, 0.5) is 0 Å². The Morgan fingerprint density at radius 3 is 2.75 bits per heavy atom. The van der Waals surface area contributed by atoms with Crippen LogP contribution in [-0.2, 0) is 11.3 Å². The van der Waals surface area contributed by atoms with Crippen LogP contribution in [0.2, 0.25) is 0 Å². The van der Waals surface area contributed by atoms with Crippen LogP contribution < -0.4 is 0 Å². The first-order valence-electron chi connectivity index (χ1n) is 9.45. The van der Waals surface area contributed by atoms with Crippen molar-refractivity contribution in [1.29, 1.82) is 0 Å². The van der Waals surface area contributed by atoms with Gasteiger partial charge in [-0.2, -0.15) is 0 Å². The van der Waals surface area contributed by atoms with Gasteiger partial charge in [0.05, 0.1) is 16.5 Å². The van der Waals surface area contributed by atoms with Crippen molar-refractivity contribution in [1.82, 2.24) is 19.4 Å². The summed E-state index contributed by atoms with van der Waals surface area (Å²) in [6.45, 7) is 8.19. The van der Waals surface area contributed by atoms with Crippen LogP contribution in [0.1, 0.15) is 62.4 Å². The number of piperidine rings is 1. The molecule has 0 aromatic carbocycles. The van der Waals surface area contributed by atoms with Crippen molar-refractivity contribution < 1.29 is 4.79 Å². The molecule has 1 aromatic rings. The molecule has 4 heterocycles. The second-order valence-electron chi connectivity index (χ2n) is 8.15. The summed E-state index contributed by atoms with van der Waals surface area (Å²) in [6, 6.07) is 0.417. The van der Waals surface area contributed by atoms with Gasteiger partial charge < -0.3 is 4.90 Å². The lowest BCUT2D eigenvalue weighted by Crippen LogP contribution is -2.50. The van der Waals surface area contributed by atoms with Crippen LogP contribution in [0.15, 0.2) is 0 Å². The van der Waals surface area contributed by atoms with Crippen molar-refractivity contribution in [3.63, 3.8) is 0 Å². The lowest BCUT2D eigenvalue weighted by atomic mass is 9.83. The minimum Gasteiger partial charge on any atom is -0.338 e. The number of hydrogen-bond donors (Lipinski definition) is 0. The molecule has 24 heavy (non-hydrogen) atoms. The summed E-state index contributed by atoms with van der Waals surface area (Å²) in [6.07, 6.45) is 6.23. The van der Waals surface area contributed by atoms with E-state index in [9.17, 15) is 4.79 Å². The van der Waals surface area contributed by atoms with Gasteiger partial charge in [0.1, 0.15) is 0 Å². The third-order valence-electron chi connectivity index (χ3n) is 6.05. The molecule has 1 saturated carbocycles. The van der Waals surface area contributed by atoms with Gasteiger partial charge in [-0.15, -0.1) is 5.10 Å². The van der Waals surface area contributed by atoms with Crippen molar-refractivity contribution >= 4 is 17.4 Å². The Labute approximate surface area is 148 Å². The molecule has 1 aromatic heterocycles. The maximum atomic E-state index is 12.9. The number of carbonyl (C=O) groups is 1. The first-order chi connectivity index (χ1) is 11.6. The highest BCUT2D eigenvalue weighted by Gasteiger charge is 2.41. The van der Waals surface area contributed by atoms with E-state index < -0.39 is 0 Å². The molecule has 4 aliphatic rings. The molecule has 4 fully saturated rings. The number of aromatic nitrogens is 2. The smallest absolute Gasteiger partial charge is 0.227 e. The maximum Gasteiger partial charge on any atom is 0.227 e. The number of nitrogens with zero attached hydrogens (tertiary/aromatic N) is 4. The molecule has 0 radical (unpaired) electrons.